The molecule has 11 nitrogen and oxygen atoms in total. The van der Waals surface area contributed by atoms with Gasteiger partial charge in [0.1, 0.15) is 38.2 Å². The van der Waals surface area contributed by atoms with Crippen LogP contribution in [0.25, 0.3) is 0 Å². The molecule has 0 fully saturated rings. The van der Waals surface area contributed by atoms with Gasteiger partial charge in [-0.05, 0) is 48.0 Å². The number of ether oxygens (including phenoxy) is 7. The third kappa shape index (κ3) is 14.2. The smallest absolute Gasteiger partial charge is 0.408 e. The Kier molecular flexibility index (Phi) is 17.8. The summed E-state index contributed by atoms with van der Waals surface area (Å²) in [5.41, 5.74) is -0.726. The van der Waals surface area contributed by atoms with Crippen LogP contribution in [0.2, 0.25) is 0 Å². The summed E-state index contributed by atoms with van der Waals surface area (Å²) >= 11 is 0. The molecular formula is C21H43NO10. The fourth-order valence-electron chi connectivity index (χ4n) is 2.65. The molecule has 0 aromatic heterocycles. The molecule has 1 amide bonds. The highest BCUT2D eigenvalue weighted by Crippen LogP contribution is 2.20. The molecule has 11 heteroatoms. The quantitative estimate of drug-likeness (QED) is 0.188. The number of alkyl carbamates (subject to hydrolysis) is 1. The third-order valence-electron chi connectivity index (χ3n) is 4.06. The van der Waals surface area contributed by atoms with E-state index >= 15 is 0 Å². The lowest BCUT2D eigenvalue weighted by atomic mass is 9.99. The van der Waals surface area contributed by atoms with Crippen LogP contribution in [0, 0.1) is 0 Å². The van der Waals surface area contributed by atoms with Gasteiger partial charge < -0.3 is 48.7 Å². The molecule has 0 rings (SSSR count). The fraction of sp³-hybridized carbons (Fsp3) is 0.952. The summed E-state index contributed by atoms with van der Waals surface area (Å²) in [6, 6.07) is -0.922. The Morgan fingerprint density at radius 1 is 0.844 bits per heavy atom. The lowest BCUT2D eigenvalue weighted by molar-refractivity contribution is -0.222. The van der Waals surface area contributed by atoms with Crippen LogP contribution in [0.3, 0.4) is 0 Å². The predicted octanol–water partition coefficient (Wildman–Crippen LogP) is 1.39. The molecule has 0 saturated carbocycles. The molecule has 0 aromatic carbocycles. The van der Waals surface area contributed by atoms with Crippen LogP contribution in [-0.4, -0.2) is 99.7 Å². The molecule has 0 bridgehead atoms. The van der Waals surface area contributed by atoms with Gasteiger partial charge in [0.2, 0.25) is 0 Å². The second kappa shape index (κ2) is 18.4. The molecule has 3 N–H and O–H groups in total. The predicted molar refractivity (Wildman–Crippen MR) is 116 cm³/mol. The molecule has 0 aliphatic heterocycles. The Hall–Kier alpha value is -1.05. The van der Waals surface area contributed by atoms with E-state index in [1.165, 1.54) is 0 Å². The Balaban J connectivity index is 5.76. The molecule has 0 heterocycles. The maximum atomic E-state index is 12.4. The van der Waals surface area contributed by atoms with Crippen molar-refractivity contribution in [2.24, 2.45) is 0 Å². The standard InChI is InChI=1S/C21H43NO10/c1-7-26-13-29-17(10-11-23)19(31-15-28-9-3)18(30-14-27-8-2)16(12-24)22-20(25)32-21(4,5)6/h16-19,23-24H,7-15H2,1-6H3,(H,22,25)/t16-,17+,18-,19-/m0/s1. The van der Waals surface area contributed by atoms with Crippen molar-refractivity contribution in [2.45, 2.75) is 77.9 Å². The van der Waals surface area contributed by atoms with Crippen molar-refractivity contribution in [1.82, 2.24) is 5.32 Å². The van der Waals surface area contributed by atoms with Gasteiger partial charge in [0.15, 0.2) is 0 Å². The topological polar surface area (TPSA) is 134 Å². The maximum Gasteiger partial charge on any atom is 0.408 e. The van der Waals surface area contributed by atoms with E-state index < -0.39 is 42.7 Å². The van der Waals surface area contributed by atoms with E-state index in [4.69, 9.17) is 33.2 Å². The number of nitrogens with one attached hydrogen (secondary N) is 1. The van der Waals surface area contributed by atoms with Gasteiger partial charge in [0.05, 0.1) is 18.8 Å². The van der Waals surface area contributed by atoms with Crippen molar-refractivity contribution < 1.29 is 48.2 Å². The van der Waals surface area contributed by atoms with Crippen molar-refractivity contribution in [3.05, 3.63) is 0 Å². The molecule has 0 aromatic rings. The van der Waals surface area contributed by atoms with Gasteiger partial charge in [0, 0.05) is 26.4 Å². The minimum atomic E-state index is -0.922. The van der Waals surface area contributed by atoms with E-state index in [9.17, 15) is 15.0 Å². The van der Waals surface area contributed by atoms with Crippen molar-refractivity contribution in [2.75, 3.05) is 53.4 Å². The van der Waals surface area contributed by atoms with Gasteiger partial charge in [-0.1, -0.05) is 0 Å². The first kappa shape index (κ1) is 30.9. The van der Waals surface area contributed by atoms with Crippen LogP contribution in [0.4, 0.5) is 4.79 Å². The molecular weight excluding hydrogens is 426 g/mol. The molecule has 0 aliphatic carbocycles. The second-order valence-corrected chi connectivity index (χ2v) is 7.75. The molecule has 0 aliphatic rings. The minimum absolute atomic E-state index is 0.0306. The SMILES string of the molecule is CCOCO[C@H]([C@@H](OCOCC)[C@@H](CCO)OCOCC)[C@H](CO)NC(=O)OC(C)(C)C. The number of amides is 1. The molecule has 0 spiro atoms. The van der Waals surface area contributed by atoms with E-state index in [1.807, 2.05) is 20.8 Å². The largest absolute Gasteiger partial charge is 0.444 e. The summed E-state index contributed by atoms with van der Waals surface area (Å²) in [6.45, 7) is 11.0. The average molecular weight is 470 g/mol. The lowest BCUT2D eigenvalue weighted by Gasteiger charge is -2.37. The molecule has 192 valence electrons. The van der Waals surface area contributed by atoms with Crippen molar-refractivity contribution >= 4 is 6.09 Å². The van der Waals surface area contributed by atoms with Gasteiger partial charge >= 0.3 is 6.09 Å². The first-order valence-corrected chi connectivity index (χ1v) is 11.0. The first-order chi connectivity index (χ1) is 15.2. The maximum absolute atomic E-state index is 12.4. The highest BCUT2D eigenvalue weighted by molar-refractivity contribution is 5.68. The normalized spacial score (nSPS) is 15.8. The number of carbonyl (C=O) groups excluding carboxylic acids is 1. The van der Waals surface area contributed by atoms with Crippen LogP contribution in [-0.2, 0) is 33.2 Å². The number of hydrogen-bond acceptors (Lipinski definition) is 10. The Labute approximate surface area is 191 Å². The molecule has 4 atom stereocenters. The average Bonchev–Trinajstić information content (AvgIpc) is 2.72. The number of carbonyl (C=O) groups is 1. The van der Waals surface area contributed by atoms with E-state index in [0.29, 0.717) is 19.8 Å². The monoisotopic (exact) mass is 469 g/mol. The summed E-state index contributed by atoms with van der Waals surface area (Å²) < 4.78 is 38.7. The van der Waals surface area contributed by atoms with Crippen LogP contribution in [0.1, 0.15) is 48.0 Å². The Morgan fingerprint density at radius 2 is 1.34 bits per heavy atom. The van der Waals surface area contributed by atoms with Crippen LogP contribution in [0.5, 0.6) is 0 Å². The minimum Gasteiger partial charge on any atom is -0.444 e. The van der Waals surface area contributed by atoms with E-state index in [2.05, 4.69) is 5.32 Å². The second-order valence-electron chi connectivity index (χ2n) is 7.75. The van der Waals surface area contributed by atoms with Gasteiger partial charge in [-0.2, -0.15) is 0 Å². The first-order valence-electron chi connectivity index (χ1n) is 11.0. The van der Waals surface area contributed by atoms with E-state index in [-0.39, 0.29) is 33.4 Å². The van der Waals surface area contributed by atoms with Crippen LogP contribution >= 0.6 is 0 Å². The number of aliphatic hydroxyl groups excluding tert-OH is 2. The fourth-order valence-corrected chi connectivity index (χ4v) is 2.65. The Bertz CT molecular complexity index is 460. The van der Waals surface area contributed by atoms with Crippen molar-refractivity contribution in [1.29, 1.82) is 0 Å². The summed E-state index contributed by atoms with van der Waals surface area (Å²) in [5, 5.41) is 22.2. The Morgan fingerprint density at radius 3 is 1.78 bits per heavy atom. The van der Waals surface area contributed by atoms with Gasteiger partial charge in [-0.15, -0.1) is 0 Å². The van der Waals surface area contributed by atoms with Gasteiger partial charge in [-0.3, -0.25) is 0 Å². The van der Waals surface area contributed by atoms with Gasteiger partial charge in [0.25, 0.3) is 0 Å². The van der Waals surface area contributed by atoms with E-state index in [1.54, 1.807) is 20.8 Å². The van der Waals surface area contributed by atoms with E-state index in [0.717, 1.165) is 0 Å². The zero-order valence-electron chi connectivity index (χ0n) is 20.3. The highest BCUT2D eigenvalue weighted by Gasteiger charge is 2.39. The molecule has 0 radical (unpaired) electrons. The zero-order chi connectivity index (χ0) is 24.4. The van der Waals surface area contributed by atoms with Gasteiger partial charge in [-0.25, -0.2) is 4.79 Å². The molecule has 0 unspecified atom stereocenters. The van der Waals surface area contributed by atoms with Crippen LogP contribution in [0.15, 0.2) is 0 Å². The van der Waals surface area contributed by atoms with Crippen LogP contribution < -0.4 is 5.32 Å². The third-order valence-corrected chi connectivity index (χ3v) is 4.06. The highest BCUT2D eigenvalue weighted by atomic mass is 16.7. The summed E-state index contributed by atoms with van der Waals surface area (Å²) in [4.78, 5) is 12.4. The lowest BCUT2D eigenvalue weighted by Crippen LogP contribution is -2.57. The number of aliphatic hydroxyl groups is 2. The van der Waals surface area contributed by atoms with Crippen molar-refractivity contribution in [3.8, 4) is 0 Å². The summed E-state index contributed by atoms with van der Waals surface area (Å²) in [7, 11) is 0. The number of hydrogen-bond donors (Lipinski definition) is 3. The summed E-state index contributed by atoms with van der Waals surface area (Å²) in [5.74, 6) is 0. The number of rotatable bonds is 19. The van der Waals surface area contributed by atoms with Crippen molar-refractivity contribution in [3.63, 3.8) is 0 Å². The zero-order valence-corrected chi connectivity index (χ0v) is 20.3. The molecule has 32 heavy (non-hydrogen) atoms. The molecule has 0 saturated heterocycles. The summed E-state index contributed by atoms with van der Waals surface area (Å²) in [6.07, 6.45) is -2.98.